The van der Waals surface area contributed by atoms with E-state index in [2.05, 4.69) is 34.6 Å². The fourth-order valence-electron chi connectivity index (χ4n) is 3.41. The van der Waals surface area contributed by atoms with Crippen molar-refractivity contribution >= 4 is 5.97 Å². The van der Waals surface area contributed by atoms with Crippen LogP contribution in [0, 0.1) is 29.6 Å². The van der Waals surface area contributed by atoms with Crippen LogP contribution >= 0.6 is 0 Å². The van der Waals surface area contributed by atoms with Crippen molar-refractivity contribution in [1.29, 1.82) is 0 Å². The van der Waals surface area contributed by atoms with E-state index in [1.54, 1.807) is 0 Å². The lowest BCUT2D eigenvalue weighted by atomic mass is 9.75. The van der Waals surface area contributed by atoms with Crippen molar-refractivity contribution in [2.24, 2.45) is 29.6 Å². The predicted octanol–water partition coefficient (Wildman–Crippen LogP) is 4.05. The first-order valence-corrected chi connectivity index (χ1v) is 8.70. The van der Waals surface area contributed by atoms with E-state index in [0.29, 0.717) is 23.7 Å². The molecular weight excluding hydrogens is 264 g/mol. The molecule has 0 unspecified atom stereocenters. The molecule has 3 nitrogen and oxygen atoms in total. The van der Waals surface area contributed by atoms with E-state index >= 15 is 0 Å². The fourth-order valence-corrected chi connectivity index (χ4v) is 3.41. The minimum Gasteiger partial charge on any atom is -0.462 e. The number of carbonyl (C=O) groups is 1. The van der Waals surface area contributed by atoms with Crippen molar-refractivity contribution in [2.75, 3.05) is 6.61 Å². The number of rotatable bonds is 6. The molecule has 2 fully saturated rings. The molecule has 0 aromatic rings. The van der Waals surface area contributed by atoms with Crippen molar-refractivity contribution < 1.29 is 14.3 Å². The van der Waals surface area contributed by atoms with Crippen molar-refractivity contribution in [1.82, 2.24) is 0 Å². The van der Waals surface area contributed by atoms with Gasteiger partial charge in [0.25, 0.3) is 0 Å². The SMILES string of the molecule is CC(C)CO[C@H]1C[C@@H]1C(=O)O[C@H]1C[C@@H](C)CC[C@@H]1C(C)C. The maximum absolute atomic E-state index is 12.3. The minimum absolute atomic E-state index is 0.00575. The molecule has 0 aromatic heterocycles. The molecule has 5 atom stereocenters. The molecule has 21 heavy (non-hydrogen) atoms. The molecule has 0 spiro atoms. The Bertz CT molecular complexity index is 350. The van der Waals surface area contributed by atoms with Crippen LogP contribution in [0.4, 0.5) is 0 Å². The van der Waals surface area contributed by atoms with Crippen LogP contribution in [0.3, 0.4) is 0 Å². The lowest BCUT2D eigenvalue weighted by Crippen LogP contribution is -2.36. The highest BCUT2D eigenvalue weighted by Gasteiger charge is 2.47. The minimum atomic E-state index is -0.0199. The number of ether oxygens (including phenoxy) is 2. The maximum Gasteiger partial charge on any atom is 0.311 e. The van der Waals surface area contributed by atoms with Gasteiger partial charge >= 0.3 is 5.97 Å². The Hall–Kier alpha value is -0.570. The zero-order chi connectivity index (χ0) is 15.6. The zero-order valence-corrected chi connectivity index (χ0v) is 14.3. The van der Waals surface area contributed by atoms with Gasteiger partial charge in [0.15, 0.2) is 0 Å². The van der Waals surface area contributed by atoms with E-state index in [1.165, 1.54) is 12.8 Å². The Balaban J connectivity index is 1.81. The monoisotopic (exact) mass is 296 g/mol. The molecule has 2 saturated carbocycles. The molecule has 0 saturated heterocycles. The van der Waals surface area contributed by atoms with E-state index in [9.17, 15) is 4.79 Å². The van der Waals surface area contributed by atoms with Gasteiger partial charge < -0.3 is 9.47 Å². The highest BCUT2D eigenvalue weighted by molar-refractivity contribution is 5.76. The Morgan fingerprint density at radius 1 is 1.10 bits per heavy atom. The van der Waals surface area contributed by atoms with Crippen LogP contribution in [0.2, 0.25) is 0 Å². The Morgan fingerprint density at radius 3 is 2.43 bits per heavy atom. The first-order chi connectivity index (χ1) is 9.88. The predicted molar refractivity (Wildman–Crippen MR) is 83.9 cm³/mol. The molecule has 2 rings (SSSR count). The Morgan fingerprint density at radius 2 is 1.81 bits per heavy atom. The number of hydrogen-bond donors (Lipinski definition) is 0. The summed E-state index contributed by atoms with van der Waals surface area (Å²) in [5, 5.41) is 0. The van der Waals surface area contributed by atoms with E-state index in [-0.39, 0.29) is 24.1 Å². The third-order valence-electron chi connectivity index (χ3n) is 4.91. The van der Waals surface area contributed by atoms with E-state index in [1.807, 2.05) is 0 Å². The van der Waals surface area contributed by atoms with Gasteiger partial charge in [0.2, 0.25) is 0 Å². The number of esters is 1. The first kappa shape index (κ1) is 16.8. The molecule has 2 aliphatic carbocycles. The summed E-state index contributed by atoms with van der Waals surface area (Å²) in [7, 11) is 0. The van der Waals surface area contributed by atoms with Crippen LogP contribution < -0.4 is 0 Å². The van der Waals surface area contributed by atoms with Crippen LogP contribution in [-0.2, 0) is 14.3 Å². The highest BCUT2D eigenvalue weighted by Crippen LogP contribution is 2.39. The van der Waals surface area contributed by atoms with E-state index in [4.69, 9.17) is 9.47 Å². The highest BCUT2D eigenvalue weighted by atomic mass is 16.6. The van der Waals surface area contributed by atoms with Gasteiger partial charge in [-0.2, -0.15) is 0 Å². The van der Waals surface area contributed by atoms with Crippen LogP contribution in [0.5, 0.6) is 0 Å². The maximum atomic E-state index is 12.3. The zero-order valence-electron chi connectivity index (χ0n) is 14.3. The van der Waals surface area contributed by atoms with Gasteiger partial charge in [0, 0.05) is 6.61 Å². The van der Waals surface area contributed by atoms with Gasteiger partial charge in [-0.05, 0) is 42.9 Å². The largest absolute Gasteiger partial charge is 0.462 e. The van der Waals surface area contributed by atoms with Crippen LogP contribution in [0.25, 0.3) is 0 Å². The van der Waals surface area contributed by atoms with Gasteiger partial charge in [-0.1, -0.05) is 41.0 Å². The second-order valence-corrected chi connectivity index (χ2v) is 7.91. The molecule has 0 heterocycles. The second-order valence-electron chi connectivity index (χ2n) is 7.91. The molecule has 2 aliphatic rings. The molecular formula is C18H32O3. The summed E-state index contributed by atoms with van der Waals surface area (Å²) in [6.45, 7) is 11.8. The van der Waals surface area contributed by atoms with Crippen LogP contribution in [0.15, 0.2) is 0 Å². The van der Waals surface area contributed by atoms with Gasteiger partial charge in [-0.3, -0.25) is 4.79 Å². The normalized spacial score (nSPS) is 36.0. The van der Waals surface area contributed by atoms with Crippen molar-refractivity contribution in [3.05, 3.63) is 0 Å². The van der Waals surface area contributed by atoms with Gasteiger partial charge in [0.05, 0.1) is 12.0 Å². The Kier molecular flexibility index (Phi) is 5.70. The first-order valence-electron chi connectivity index (χ1n) is 8.70. The topological polar surface area (TPSA) is 35.5 Å². The summed E-state index contributed by atoms with van der Waals surface area (Å²) < 4.78 is 11.6. The molecule has 0 radical (unpaired) electrons. The summed E-state index contributed by atoms with van der Waals surface area (Å²) in [6.07, 6.45) is 4.56. The standard InChI is InChI=1S/C18H32O3/c1-11(2)10-20-16-9-15(16)18(19)21-17-8-13(5)6-7-14(17)12(3)4/h11-17H,6-10H2,1-5H3/t13-,14+,15-,16-,17-/m0/s1. The van der Waals surface area contributed by atoms with Crippen LogP contribution in [-0.4, -0.2) is 24.8 Å². The average molecular weight is 296 g/mol. The van der Waals surface area contributed by atoms with Gasteiger partial charge in [-0.25, -0.2) is 0 Å². The average Bonchev–Trinajstić information content (AvgIpc) is 3.15. The number of hydrogen-bond acceptors (Lipinski definition) is 3. The van der Waals surface area contributed by atoms with Crippen molar-refractivity contribution in [3.8, 4) is 0 Å². The summed E-state index contributed by atoms with van der Waals surface area (Å²) in [6, 6.07) is 0. The van der Waals surface area contributed by atoms with E-state index in [0.717, 1.165) is 19.4 Å². The Labute approximate surface area is 129 Å². The summed E-state index contributed by atoms with van der Waals surface area (Å²) in [5.74, 6) is 2.28. The van der Waals surface area contributed by atoms with Crippen LogP contribution in [0.1, 0.15) is 60.3 Å². The summed E-state index contributed by atoms with van der Waals surface area (Å²) in [4.78, 5) is 12.3. The molecule has 0 aliphatic heterocycles. The van der Waals surface area contributed by atoms with E-state index < -0.39 is 0 Å². The molecule has 122 valence electrons. The summed E-state index contributed by atoms with van der Waals surface area (Å²) in [5.41, 5.74) is 0. The lowest BCUT2D eigenvalue weighted by molar-refractivity contribution is -0.158. The van der Waals surface area contributed by atoms with Crippen molar-refractivity contribution in [3.63, 3.8) is 0 Å². The van der Waals surface area contributed by atoms with Gasteiger partial charge in [0.1, 0.15) is 6.10 Å². The summed E-state index contributed by atoms with van der Waals surface area (Å²) >= 11 is 0. The third-order valence-corrected chi connectivity index (χ3v) is 4.91. The molecule has 0 N–H and O–H groups in total. The fraction of sp³-hybridized carbons (Fsp3) is 0.944. The quantitative estimate of drug-likeness (QED) is 0.694. The molecule has 0 amide bonds. The molecule has 0 aromatic carbocycles. The molecule has 0 bridgehead atoms. The van der Waals surface area contributed by atoms with Crippen molar-refractivity contribution in [2.45, 2.75) is 72.5 Å². The second kappa shape index (κ2) is 7.13. The molecule has 3 heteroatoms. The lowest BCUT2D eigenvalue weighted by Gasteiger charge is -2.36. The van der Waals surface area contributed by atoms with Gasteiger partial charge in [-0.15, -0.1) is 0 Å². The smallest absolute Gasteiger partial charge is 0.311 e. The number of carbonyl (C=O) groups excluding carboxylic acids is 1. The third kappa shape index (κ3) is 4.70.